The summed E-state index contributed by atoms with van der Waals surface area (Å²) < 4.78 is 57.1. The van der Waals surface area contributed by atoms with Crippen LogP contribution in [0, 0.1) is 23.6 Å². The summed E-state index contributed by atoms with van der Waals surface area (Å²) in [5.41, 5.74) is -0.758. The van der Waals surface area contributed by atoms with E-state index in [0.29, 0.717) is 42.4 Å². The van der Waals surface area contributed by atoms with Gasteiger partial charge in [0, 0.05) is 13.1 Å². The maximum absolute atomic E-state index is 13.8. The van der Waals surface area contributed by atoms with Crippen molar-refractivity contribution in [3.8, 4) is 0 Å². The van der Waals surface area contributed by atoms with Gasteiger partial charge in [-0.2, -0.15) is 13.2 Å². The molecule has 2 aliphatic carbocycles. The second kappa shape index (κ2) is 9.99. The minimum atomic E-state index is -4.71. The zero-order valence-electron chi connectivity index (χ0n) is 18.1. The van der Waals surface area contributed by atoms with Gasteiger partial charge in [-0.3, -0.25) is 0 Å². The third-order valence-electron chi connectivity index (χ3n) is 6.82. The molecule has 0 amide bonds. The molecule has 1 aliphatic heterocycles. The number of nitrogens with zero attached hydrogens (tertiary/aromatic N) is 1. The number of thioether (sulfide) groups is 1. The van der Waals surface area contributed by atoms with Crippen molar-refractivity contribution in [3.63, 3.8) is 0 Å². The summed E-state index contributed by atoms with van der Waals surface area (Å²) in [7, 11) is 0. The van der Waals surface area contributed by atoms with Crippen LogP contribution in [0.25, 0.3) is 0 Å². The van der Waals surface area contributed by atoms with E-state index in [1.165, 1.54) is 43.5 Å². The lowest BCUT2D eigenvalue weighted by Crippen LogP contribution is -2.33. The average molecular weight is 486 g/mol. The number of hydrogen-bond donors (Lipinski definition) is 1. The van der Waals surface area contributed by atoms with E-state index in [9.17, 15) is 22.4 Å². The zero-order chi connectivity index (χ0) is 23.6. The molecule has 4 rings (SSSR count). The van der Waals surface area contributed by atoms with Gasteiger partial charge in [-0.05, 0) is 79.4 Å². The molecule has 1 N–H and O–H groups in total. The molecule has 0 aromatic heterocycles. The van der Waals surface area contributed by atoms with E-state index >= 15 is 0 Å². The predicted molar refractivity (Wildman–Crippen MR) is 118 cm³/mol. The summed E-state index contributed by atoms with van der Waals surface area (Å²) in [4.78, 5) is 13.4. The third-order valence-corrected chi connectivity index (χ3v) is 8.04. The van der Waals surface area contributed by atoms with Crippen molar-refractivity contribution >= 4 is 17.9 Å². The number of ether oxygens (including phenoxy) is 1. The number of halogens is 4. The van der Waals surface area contributed by atoms with E-state index in [1.807, 2.05) is 6.08 Å². The molecule has 3 aliphatic rings. The molecule has 2 fully saturated rings. The Hall–Kier alpha value is -2.16. The van der Waals surface area contributed by atoms with Crippen molar-refractivity contribution in [2.45, 2.75) is 44.7 Å². The van der Waals surface area contributed by atoms with Crippen LogP contribution in [-0.2, 0) is 17.3 Å². The highest BCUT2D eigenvalue weighted by molar-refractivity contribution is 8.03. The number of carbonyl (C=O) groups is 1. The van der Waals surface area contributed by atoms with Crippen molar-refractivity contribution < 1.29 is 32.2 Å². The first-order valence-corrected chi connectivity index (χ1v) is 12.2. The maximum Gasteiger partial charge on any atom is 0.511 e. The van der Waals surface area contributed by atoms with E-state index in [1.54, 1.807) is 6.08 Å². The van der Waals surface area contributed by atoms with Crippen LogP contribution in [0.1, 0.15) is 43.2 Å². The molecule has 0 saturated heterocycles. The van der Waals surface area contributed by atoms with Crippen molar-refractivity contribution in [1.82, 2.24) is 4.90 Å². The van der Waals surface area contributed by atoms with Crippen LogP contribution in [0.3, 0.4) is 0 Å². The lowest BCUT2D eigenvalue weighted by Gasteiger charge is -2.34. The molecular formula is C24H27F4NO3S. The fraction of sp³-hybridized carbons (Fsp3) is 0.542. The Kier molecular flexibility index (Phi) is 7.26. The highest BCUT2D eigenvalue weighted by Gasteiger charge is 2.40. The lowest BCUT2D eigenvalue weighted by atomic mass is 9.88. The number of alkyl halides is 3. The SMILES string of the molecule is O=C(O)OC1=C(SCCCc2ccc(C(F)(F)F)c(F)c2)N(CC2CC3CCC2C3)CC=C1. The predicted octanol–water partition coefficient (Wildman–Crippen LogP) is 6.68. The molecule has 2 bridgehead atoms. The molecule has 0 radical (unpaired) electrons. The van der Waals surface area contributed by atoms with E-state index in [0.717, 1.165) is 35.5 Å². The van der Waals surface area contributed by atoms with Crippen LogP contribution in [0.4, 0.5) is 22.4 Å². The van der Waals surface area contributed by atoms with Crippen LogP contribution in [0.15, 0.2) is 41.1 Å². The minimum Gasteiger partial charge on any atom is -0.449 e. The molecule has 33 heavy (non-hydrogen) atoms. The second-order valence-electron chi connectivity index (χ2n) is 9.04. The Bertz CT molecular complexity index is 946. The normalized spacial score (nSPS) is 24.6. The van der Waals surface area contributed by atoms with Gasteiger partial charge in [0.2, 0.25) is 0 Å². The minimum absolute atomic E-state index is 0.308. The van der Waals surface area contributed by atoms with Crippen LogP contribution in [-0.4, -0.2) is 35.0 Å². The van der Waals surface area contributed by atoms with Crippen molar-refractivity contribution in [3.05, 3.63) is 58.1 Å². The summed E-state index contributed by atoms with van der Waals surface area (Å²) in [6, 6.07) is 3.03. The maximum atomic E-state index is 13.8. The van der Waals surface area contributed by atoms with Gasteiger partial charge in [-0.25, -0.2) is 9.18 Å². The molecule has 180 valence electrons. The summed E-state index contributed by atoms with van der Waals surface area (Å²) in [6.07, 6.45) is 3.64. The van der Waals surface area contributed by atoms with Gasteiger partial charge >= 0.3 is 12.3 Å². The van der Waals surface area contributed by atoms with E-state index < -0.39 is 23.7 Å². The van der Waals surface area contributed by atoms with Gasteiger partial charge < -0.3 is 14.7 Å². The number of hydrogen-bond acceptors (Lipinski definition) is 4. The Morgan fingerprint density at radius 1 is 1.24 bits per heavy atom. The highest BCUT2D eigenvalue weighted by Crippen LogP contribution is 2.49. The fourth-order valence-electron chi connectivity index (χ4n) is 5.36. The monoisotopic (exact) mass is 485 g/mol. The number of benzene rings is 1. The van der Waals surface area contributed by atoms with E-state index in [-0.39, 0.29) is 0 Å². The standard InChI is InChI=1S/C24H27F4NO3S/c25-20-13-15(6-8-19(20)24(26,27)28)3-2-10-33-22-21(32-23(30)31)4-1-9-29(22)14-18-12-16-5-7-17(18)11-16/h1,4,6,8,13,16-18H,2-3,5,7,9-12,14H2,(H,30,31). The quantitative estimate of drug-likeness (QED) is 0.253. The molecule has 3 unspecified atom stereocenters. The average Bonchev–Trinajstić information content (AvgIpc) is 3.34. The van der Waals surface area contributed by atoms with Gasteiger partial charge in [0.05, 0.1) is 5.56 Å². The Morgan fingerprint density at radius 3 is 2.70 bits per heavy atom. The second-order valence-corrected chi connectivity index (χ2v) is 10.1. The summed E-state index contributed by atoms with van der Waals surface area (Å²) >= 11 is 1.48. The van der Waals surface area contributed by atoms with Gasteiger partial charge in [0.15, 0.2) is 5.76 Å². The molecule has 9 heteroatoms. The first-order valence-electron chi connectivity index (χ1n) is 11.3. The number of fused-ring (bicyclic) bond motifs is 2. The molecule has 1 aromatic rings. The number of allylic oxidation sites excluding steroid dienone is 1. The molecule has 3 atom stereocenters. The topological polar surface area (TPSA) is 49.8 Å². The number of carboxylic acid groups (broad SMARTS) is 1. The summed E-state index contributed by atoms with van der Waals surface area (Å²) in [5, 5.41) is 9.91. The van der Waals surface area contributed by atoms with Crippen LogP contribution in [0.5, 0.6) is 0 Å². The smallest absolute Gasteiger partial charge is 0.449 e. The van der Waals surface area contributed by atoms with Crippen molar-refractivity contribution in [2.24, 2.45) is 17.8 Å². The zero-order valence-corrected chi connectivity index (χ0v) is 18.9. The number of aryl methyl sites for hydroxylation is 1. The lowest BCUT2D eigenvalue weighted by molar-refractivity contribution is -0.140. The first-order chi connectivity index (χ1) is 15.7. The largest absolute Gasteiger partial charge is 0.511 e. The van der Waals surface area contributed by atoms with Gasteiger partial charge in [0.1, 0.15) is 10.8 Å². The molecule has 1 heterocycles. The molecule has 4 nitrogen and oxygen atoms in total. The van der Waals surface area contributed by atoms with E-state index in [2.05, 4.69) is 4.90 Å². The van der Waals surface area contributed by atoms with Crippen LogP contribution < -0.4 is 0 Å². The summed E-state index contributed by atoms with van der Waals surface area (Å²) in [6.45, 7) is 1.55. The van der Waals surface area contributed by atoms with Crippen molar-refractivity contribution in [2.75, 3.05) is 18.8 Å². The first kappa shape index (κ1) is 24.0. The Morgan fingerprint density at radius 2 is 2.06 bits per heavy atom. The third kappa shape index (κ3) is 5.86. The highest BCUT2D eigenvalue weighted by atomic mass is 32.2. The van der Waals surface area contributed by atoms with Crippen LogP contribution >= 0.6 is 11.8 Å². The van der Waals surface area contributed by atoms with Crippen LogP contribution in [0.2, 0.25) is 0 Å². The Labute approximate surface area is 194 Å². The molecule has 1 aromatic carbocycles. The number of rotatable bonds is 8. The fourth-order valence-corrected chi connectivity index (χ4v) is 6.43. The molecule has 0 spiro atoms. The van der Waals surface area contributed by atoms with E-state index in [4.69, 9.17) is 9.84 Å². The molecular weight excluding hydrogens is 458 g/mol. The van der Waals surface area contributed by atoms with Gasteiger partial charge in [0.25, 0.3) is 0 Å². The van der Waals surface area contributed by atoms with Crippen molar-refractivity contribution in [1.29, 1.82) is 0 Å². The Balaban J connectivity index is 1.37. The summed E-state index contributed by atoms with van der Waals surface area (Å²) in [5.74, 6) is 1.81. The molecule has 2 saturated carbocycles. The van der Waals surface area contributed by atoms with Gasteiger partial charge in [-0.15, -0.1) is 11.8 Å². The van der Waals surface area contributed by atoms with Gasteiger partial charge in [-0.1, -0.05) is 18.6 Å².